The van der Waals surface area contributed by atoms with Gasteiger partial charge >= 0.3 is 0 Å². The van der Waals surface area contributed by atoms with Gasteiger partial charge in [0.15, 0.2) is 0 Å². The summed E-state index contributed by atoms with van der Waals surface area (Å²) in [5.41, 5.74) is -0.423. The average molecular weight is 355 g/mol. The van der Waals surface area contributed by atoms with Crippen LogP contribution in [-0.2, 0) is 20.4 Å². The van der Waals surface area contributed by atoms with Crippen molar-refractivity contribution in [3.63, 3.8) is 0 Å². The van der Waals surface area contributed by atoms with Gasteiger partial charge in [0, 0.05) is 24.4 Å². The molecule has 2 aromatic rings. The van der Waals surface area contributed by atoms with E-state index in [0.717, 1.165) is 0 Å². The van der Waals surface area contributed by atoms with Crippen LogP contribution in [0, 0.1) is 0 Å². The molecule has 0 saturated heterocycles. The first kappa shape index (κ1) is 17.5. The molecule has 0 fully saturated rings. The highest BCUT2D eigenvalue weighted by molar-refractivity contribution is 7.89. The van der Waals surface area contributed by atoms with Crippen LogP contribution in [0.2, 0.25) is 0 Å². The smallest absolute Gasteiger partial charge is 0.238 e. The van der Waals surface area contributed by atoms with E-state index in [4.69, 9.17) is 5.14 Å². The number of nitrogens with one attached hydrogen (secondary N) is 1. The number of nitrogens with zero attached hydrogens (tertiary/aromatic N) is 1. The fourth-order valence-corrected chi connectivity index (χ4v) is 3.72. The number of carbonyl (C=O) groups excluding carboxylic acids is 1. The molecule has 4 N–H and O–H groups in total. The zero-order valence-electron chi connectivity index (χ0n) is 12.8. The zero-order chi connectivity index (χ0) is 17.4. The molecule has 1 aromatic carbocycles. The number of amides is 1. The van der Waals surface area contributed by atoms with Gasteiger partial charge in [-0.25, -0.2) is 18.5 Å². The fraction of sp³-hybridized carbons (Fsp3) is 0.286. The molecule has 23 heavy (non-hydrogen) atoms. The first-order valence-corrected chi connectivity index (χ1v) is 8.98. The number of primary sulfonamides is 1. The van der Waals surface area contributed by atoms with E-state index in [1.807, 2.05) is 0 Å². The molecular weight excluding hydrogens is 338 g/mol. The van der Waals surface area contributed by atoms with Gasteiger partial charge in [-0.1, -0.05) is 6.07 Å². The molecule has 0 aliphatic carbocycles. The maximum absolute atomic E-state index is 11.9. The van der Waals surface area contributed by atoms with Crippen LogP contribution < -0.4 is 10.5 Å². The number of thiazole rings is 1. The summed E-state index contributed by atoms with van der Waals surface area (Å²) in [7, 11) is -4.00. The van der Waals surface area contributed by atoms with E-state index in [9.17, 15) is 18.3 Å². The van der Waals surface area contributed by atoms with Crippen LogP contribution >= 0.6 is 11.3 Å². The van der Waals surface area contributed by atoms with E-state index in [1.54, 1.807) is 26.0 Å². The van der Waals surface area contributed by atoms with E-state index >= 15 is 0 Å². The fourth-order valence-electron chi connectivity index (χ4n) is 1.92. The lowest BCUT2D eigenvalue weighted by molar-refractivity contribution is -0.114. The van der Waals surface area contributed by atoms with Crippen molar-refractivity contribution in [3.8, 4) is 10.4 Å². The summed E-state index contributed by atoms with van der Waals surface area (Å²) in [5.74, 6) is -0.319. The standard InChI is InChI=1S/C14H17N3O4S2/c1-8(18)17-9-4-5-10(12(6-9)23(15,20)21)11-7-16-13(22-11)14(2,3)19/h4-7,19H,1-3H3,(H,17,18)(H2,15,20,21). The molecule has 0 atom stereocenters. The molecule has 9 heteroatoms. The molecule has 0 aliphatic rings. The predicted octanol–water partition coefficient (Wildman–Crippen LogP) is 1.64. The molecule has 0 radical (unpaired) electrons. The molecule has 2 rings (SSSR count). The molecular formula is C14H17N3O4S2. The molecule has 124 valence electrons. The third-order valence-electron chi connectivity index (χ3n) is 2.90. The van der Waals surface area contributed by atoms with Crippen molar-refractivity contribution < 1.29 is 18.3 Å². The first-order valence-electron chi connectivity index (χ1n) is 6.62. The maximum Gasteiger partial charge on any atom is 0.238 e. The van der Waals surface area contributed by atoms with Gasteiger partial charge < -0.3 is 10.4 Å². The van der Waals surface area contributed by atoms with Crippen LogP contribution in [0.4, 0.5) is 5.69 Å². The monoisotopic (exact) mass is 355 g/mol. The number of carbonyl (C=O) groups is 1. The number of anilines is 1. The van der Waals surface area contributed by atoms with Crippen molar-refractivity contribution in [3.05, 3.63) is 29.4 Å². The van der Waals surface area contributed by atoms with E-state index in [1.165, 1.54) is 30.5 Å². The highest BCUT2D eigenvalue weighted by Crippen LogP contribution is 2.35. The SMILES string of the molecule is CC(=O)Nc1ccc(-c2cnc(C(C)(C)O)s2)c(S(N)(=O)=O)c1. The summed E-state index contributed by atoms with van der Waals surface area (Å²) in [6.45, 7) is 4.51. The minimum absolute atomic E-state index is 0.116. The van der Waals surface area contributed by atoms with Crippen molar-refractivity contribution >= 4 is 33.0 Å². The Balaban J connectivity index is 2.58. The Bertz CT molecular complexity index is 851. The highest BCUT2D eigenvalue weighted by atomic mass is 32.2. The highest BCUT2D eigenvalue weighted by Gasteiger charge is 2.23. The number of sulfonamides is 1. The van der Waals surface area contributed by atoms with Gasteiger partial charge in [-0.05, 0) is 26.0 Å². The topological polar surface area (TPSA) is 122 Å². The minimum Gasteiger partial charge on any atom is -0.383 e. The van der Waals surface area contributed by atoms with E-state index < -0.39 is 15.6 Å². The van der Waals surface area contributed by atoms with E-state index in [0.29, 0.717) is 21.1 Å². The van der Waals surface area contributed by atoms with Crippen molar-refractivity contribution in [2.75, 3.05) is 5.32 Å². The quantitative estimate of drug-likeness (QED) is 0.769. The number of benzene rings is 1. The summed E-state index contributed by atoms with van der Waals surface area (Å²) in [5, 5.41) is 18.2. The summed E-state index contributed by atoms with van der Waals surface area (Å²) in [4.78, 5) is 15.7. The van der Waals surface area contributed by atoms with E-state index in [2.05, 4.69) is 10.3 Å². The second kappa shape index (κ2) is 6.00. The molecule has 1 heterocycles. The summed E-state index contributed by atoms with van der Waals surface area (Å²) < 4.78 is 23.7. The summed E-state index contributed by atoms with van der Waals surface area (Å²) >= 11 is 1.17. The minimum atomic E-state index is -4.00. The zero-order valence-corrected chi connectivity index (χ0v) is 14.5. The van der Waals surface area contributed by atoms with Crippen LogP contribution in [0.5, 0.6) is 0 Å². The second-order valence-corrected chi connectivity index (χ2v) is 8.09. The lowest BCUT2D eigenvalue weighted by Crippen LogP contribution is -2.15. The van der Waals surface area contributed by atoms with Crippen molar-refractivity contribution in [2.45, 2.75) is 31.3 Å². The lowest BCUT2D eigenvalue weighted by atomic mass is 10.1. The van der Waals surface area contributed by atoms with Crippen LogP contribution in [0.15, 0.2) is 29.3 Å². The van der Waals surface area contributed by atoms with Crippen molar-refractivity contribution in [2.24, 2.45) is 5.14 Å². The van der Waals surface area contributed by atoms with Crippen molar-refractivity contribution in [1.29, 1.82) is 0 Å². The van der Waals surface area contributed by atoms with Gasteiger partial charge in [0.05, 0.1) is 9.77 Å². The number of hydrogen-bond acceptors (Lipinski definition) is 6. The Kier molecular flexibility index (Phi) is 4.58. The van der Waals surface area contributed by atoms with Gasteiger partial charge in [-0.2, -0.15) is 0 Å². The Hall–Kier alpha value is -1.81. The van der Waals surface area contributed by atoms with Crippen LogP contribution in [-0.4, -0.2) is 24.4 Å². The average Bonchev–Trinajstić information content (AvgIpc) is 2.86. The Morgan fingerprint density at radius 3 is 2.52 bits per heavy atom. The Morgan fingerprint density at radius 1 is 1.39 bits per heavy atom. The van der Waals surface area contributed by atoms with E-state index in [-0.39, 0.29) is 10.8 Å². The largest absolute Gasteiger partial charge is 0.383 e. The van der Waals surface area contributed by atoms with Gasteiger partial charge in [0.25, 0.3) is 0 Å². The van der Waals surface area contributed by atoms with Gasteiger partial charge in [-0.3, -0.25) is 4.79 Å². The summed E-state index contributed by atoms with van der Waals surface area (Å²) in [6.07, 6.45) is 1.49. The third-order valence-corrected chi connectivity index (χ3v) is 5.20. The lowest BCUT2D eigenvalue weighted by Gasteiger charge is -2.12. The predicted molar refractivity (Wildman–Crippen MR) is 88.5 cm³/mol. The number of aromatic nitrogens is 1. The maximum atomic E-state index is 11.9. The molecule has 0 spiro atoms. The van der Waals surface area contributed by atoms with Crippen LogP contribution in [0.25, 0.3) is 10.4 Å². The first-order chi connectivity index (χ1) is 10.5. The number of nitrogens with two attached hydrogens (primary N) is 1. The third kappa shape index (κ3) is 4.14. The van der Waals surface area contributed by atoms with Gasteiger partial charge in [0.1, 0.15) is 10.6 Å². The molecule has 0 aliphatic heterocycles. The number of aliphatic hydroxyl groups is 1. The molecule has 0 unspecified atom stereocenters. The van der Waals surface area contributed by atoms with Crippen LogP contribution in [0.1, 0.15) is 25.8 Å². The number of rotatable bonds is 4. The molecule has 0 bridgehead atoms. The van der Waals surface area contributed by atoms with Gasteiger partial charge in [0.2, 0.25) is 15.9 Å². The molecule has 1 amide bonds. The normalized spacial score (nSPS) is 12.2. The second-order valence-electron chi connectivity index (χ2n) is 5.53. The Morgan fingerprint density at radius 2 is 2.04 bits per heavy atom. The van der Waals surface area contributed by atoms with Gasteiger partial charge in [-0.15, -0.1) is 11.3 Å². The molecule has 1 aromatic heterocycles. The van der Waals surface area contributed by atoms with Crippen LogP contribution in [0.3, 0.4) is 0 Å². The number of hydrogen-bond donors (Lipinski definition) is 3. The molecule has 0 saturated carbocycles. The summed E-state index contributed by atoms with van der Waals surface area (Å²) in [6, 6.07) is 4.43. The van der Waals surface area contributed by atoms with Crippen molar-refractivity contribution in [1.82, 2.24) is 4.98 Å². The molecule has 7 nitrogen and oxygen atoms in total. The Labute approximate surface area is 138 Å².